The maximum Gasteiger partial charge on any atom is 0.318 e. The molecule has 0 unspecified atom stereocenters. The predicted octanol–water partition coefficient (Wildman–Crippen LogP) is 2.01. The molecule has 0 saturated heterocycles. The number of halogens is 2. The van der Waals surface area contributed by atoms with Crippen LogP contribution in [-0.2, 0) is 0 Å². The number of rotatable bonds is 3. The Labute approximate surface area is 120 Å². The molecule has 5 nitrogen and oxygen atoms in total. The number of aromatic nitrogens is 2. The van der Waals surface area contributed by atoms with E-state index in [4.69, 9.17) is 10.5 Å². The first-order valence-corrected chi connectivity index (χ1v) is 5.71. The molecule has 1 heterocycles. The van der Waals surface area contributed by atoms with Crippen LogP contribution in [0.5, 0.6) is 6.01 Å². The van der Waals surface area contributed by atoms with Gasteiger partial charge in [-0.15, -0.1) is 24.8 Å². The molecule has 0 spiro atoms. The van der Waals surface area contributed by atoms with E-state index in [9.17, 15) is 0 Å². The van der Waals surface area contributed by atoms with E-state index in [0.717, 1.165) is 31.5 Å². The van der Waals surface area contributed by atoms with E-state index in [1.54, 1.807) is 6.20 Å². The lowest BCUT2D eigenvalue weighted by Gasteiger charge is -2.25. The number of nitrogens with two attached hydrogens (primary N) is 1. The van der Waals surface area contributed by atoms with E-state index in [1.165, 1.54) is 0 Å². The van der Waals surface area contributed by atoms with E-state index < -0.39 is 0 Å². The Hall–Kier alpha value is -0.780. The van der Waals surface area contributed by atoms with Gasteiger partial charge in [-0.1, -0.05) is 0 Å². The molecule has 18 heavy (non-hydrogen) atoms. The second kappa shape index (κ2) is 8.34. The molecule has 2 rings (SSSR count). The van der Waals surface area contributed by atoms with Gasteiger partial charge in [0.05, 0.1) is 0 Å². The van der Waals surface area contributed by atoms with E-state index >= 15 is 0 Å². The Morgan fingerprint density at radius 2 is 1.94 bits per heavy atom. The molecular weight excluding hydrogens is 275 g/mol. The van der Waals surface area contributed by atoms with Crippen molar-refractivity contribution >= 4 is 30.6 Å². The molecule has 1 aromatic rings. The van der Waals surface area contributed by atoms with Crippen molar-refractivity contribution in [2.24, 2.45) is 5.73 Å². The van der Waals surface area contributed by atoms with Gasteiger partial charge in [0.2, 0.25) is 0 Å². The SMILES string of the molecule is CNc1ccnc(O[C@H]2CC[C@H](N)CC2)n1.Cl.Cl. The summed E-state index contributed by atoms with van der Waals surface area (Å²) in [5.41, 5.74) is 5.84. The Bertz CT molecular complexity index is 346. The topological polar surface area (TPSA) is 73.1 Å². The maximum atomic E-state index is 5.84. The van der Waals surface area contributed by atoms with Crippen molar-refractivity contribution in [1.29, 1.82) is 0 Å². The molecule has 0 amide bonds. The van der Waals surface area contributed by atoms with Gasteiger partial charge in [-0.05, 0) is 31.7 Å². The van der Waals surface area contributed by atoms with Crippen LogP contribution in [0.15, 0.2) is 12.3 Å². The zero-order valence-electron chi connectivity index (χ0n) is 10.3. The van der Waals surface area contributed by atoms with Gasteiger partial charge >= 0.3 is 6.01 Å². The quantitative estimate of drug-likeness (QED) is 0.892. The Balaban J connectivity index is 0.00000144. The Kier molecular flexibility index (Phi) is 7.98. The minimum Gasteiger partial charge on any atom is -0.460 e. The van der Waals surface area contributed by atoms with Crippen LogP contribution in [0.1, 0.15) is 25.7 Å². The number of nitrogens with one attached hydrogen (secondary N) is 1. The third-order valence-corrected chi connectivity index (χ3v) is 2.88. The van der Waals surface area contributed by atoms with E-state index in [-0.39, 0.29) is 30.9 Å². The highest BCUT2D eigenvalue weighted by Crippen LogP contribution is 2.21. The first kappa shape index (κ1) is 17.2. The zero-order chi connectivity index (χ0) is 11.4. The van der Waals surface area contributed by atoms with Gasteiger partial charge in [0.15, 0.2) is 0 Å². The minimum atomic E-state index is 0. The summed E-state index contributed by atoms with van der Waals surface area (Å²) < 4.78 is 5.73. The molecule has 1 saturated carbocycles. The van der Waals surface area contributed by atoms with Crippen LogP contribution < -0.4 is 15.8 Å². The highest BCUT2D eigenvalue weighted by molar-refractivity contribution is 5.85. The van der Waals surface area contributed by atoms with Crippen LogP contribution in [0.3, 0.4) is 0 Å². The third-order valence-electron chi connectivity index (χ3n) is 2.88. The highest BCUT2D eigenvalue weighted by Gasteiger charge is 2.20. The molecule has 0 radical (unpaired) electrons. The van der Waals surface area contributed by atoms with E-state index in [0.29, 0.717) is 12.1 Å². The molecule has 1 aromatic heterocycles. The second-order valence-electron chi connectivity index (χ2n) is 4.13. The normalized spacial score (nSPS) is 22.3. The molecule has 0 aliphatic heterocycles. The van der Waals surface area contributed by atoms with Gasteiger partial charge in [-0.25, -0.2) is 4.98 Å². The summed E-state index contributed by atoms with van der Waals surface area (Å²) in [5, 5.41) is 2.96. The van der Waals surface area contributed by atoms with Gasteiger partial charge in [-0.2, -0.15) is 4.98 Å². The van der Waals surface area contributed by atoms with E-state index in [2.05, 4.69) is 15.3 Å². The van der Waals surface area contributed by atoms with Crippen molar-refractivity contribution < 1.29 is 4.74 Å². The maximum absolute atomic E-state index is 5.84. The smallest absolute Gasteiger partial charge is 0.318 e. The van der Waals surface area contributed by atoms with Crippen LogP contribution in [0, 0.1) is 0 Å². The van der Waals surface area contributed by atoms with Crippen LogP contribution in [0.4, 0.5) is 5.82 Å². The zero-order valence-corrected chi connectivity index (χ0v) is 12.0. The van der Waals surface area contributed by atoms with Gasteiger partial charge in [0.25, 0.3) is 0 Å². The summed E-state index contributed by atoms with van der Waals surface area (Å²) in [5.74, 6) is 0.775. The minimum absolute atomic E-state index is 0. The summed E-state index contributed by atoms with van der Waals surface area (Å²) >= 11 is 0. The van der Waals surface area contributed by atoms with Crippen molar-refractivity contribution in [3.63, 3.8) is 0 Å². The lowest BCUT2D eigenvalue weighted by atomic mass is 9.94. The molecule has 104 valence electrons. The molecule has 3 N–H and O–H groups in total. The molecule has 1 aliphatic carbocycles. The summed E-state index contributed by atoms with van der Waals surface area (Å²) in [4.78, 5) is 8.32. The molecule has 1 aliphatic rings. The number of anilines is 1. The van der Waals surface area contributed by atoms with Crippen LogP contribution in [-0.4, -0.2) is 29.2 Å². The average molecular weight is 295 g/mol. The van der Waals surface area contributed by atoms with Crippen molar-refractivity contribution in [1.82, 2.24) is 9.97 Å². The number of hydrogen-bond acceptors (Lipinski definition) is 5. The lowest BCUT2D eigenvalue weighted by molar-refractivity contribution is 0.135. The Morgan fingerprint density at radius 3 is 2.56 bits per heavy atom. The highest BCUT2D eigenvalue weighted by atomic mass is 35.5. The van der Waals surface area contributed by atoms with Crippen molar-refractivity contribution in [3.05, 3.63) is 12.3 Å². The molecule has 0 aromatic carbocycles. The summed E-state index contributed by atoms with van der Waals surface area (Å²) in [6.45, 7) is 0. The predicted molar refractivity (Wildman–Crippen MR) is 76.9 cm³/mol. The van der Waals surface area contributed by atoms with Crippen LogP contribution in [0.2, 0.25) is 0 Å². The fraction of sp³-hybridized carbons (Fsp3) is 0.636. The van der Waals surface area contributed by atoms with Gasteiger partial charge in [0, 0.05) is 19.3 Å². The van der Waals surface area contributed by atoms with Crippen LogP contribution in [0.25, 0.3) is 0 Å². The monoisotopic (exact) mass is 294 g/mol. The fourth-order valence-electron chi connectivity index (χ4n) is 1.89. The first-order chi connectivity index (χ1) is 7.78. The molecule has 0 atom stereocenters. The molecule has 1 fully saturated rings. The fourth-order valence-corrected chi connectivity index (χ4v) is 1.89. The van der Waals surface area contributed by atoms with Gasteiger partial charge in [0.1, 0.15) is 11.9 Å². The van der Waals surface area contributed by atoms with Gasteiger partial charge in [-0.3, -0.25) is 0 Å². The molecule has 0 bridgehead atoms. The van der Waals surface area contributed by atoms with Crippen molar-refractivity contribution in [3.8, 4) is 6.01 Å². The summed E-state index contributed by atoms with van der Waals surface area (Å²) in [6.07, 6.45) is 5.95. The number of nitrogens with zero attached hydrogens (tertiary/aromatic N) is 2. The lowest BCUT2D eigenvalue weighted by Crippen LogP contribution is -2.32. The molecule has 7 heteroatoms. The standard InChI is InChI=1S/C11H18N4O.2ClH/c1-13-10-6-7-14-11(15-10)16-9-4-2-8(12)3-5-9;;/h6-9H,2-5,12H2,1H3,(H,13,14,15);2*1H/t8-,9-;;. The Morgan fingerprint density at radius 1 is 1.28 bits per heavy atom. The molecular formula is C11H20Cl2N4O. The second-order valence-corrected chi connectivity index (χ2v) is 4.13. The van der Waals surface area contributed by atoms with Crippen LogP contribution >= 0.6 is 24.8 Å². The average Bonchev–Trinajstić information content (AvgIpc) is 2.32. The largest absolute Gasteiger partial charge is 0.460 e. The number of hydrogen-bond donors (Lipinski definition) is 2. The van der Waals surface area contributed by atoms with E-state index in [1.807, 2.05) is 13.1 Å². The summed E-state index contributed by atoms with van der Waals surface area (Å²) in [7, 11) is 1.83. The number of ether oxygens (including phenoxy) is 1. The van der Waals surface area contributed by atoms with Gasteiger partial charge < -0.3 is 15.8 Å². The first-order valence-electron chi connectivity index (χ1n) is 5.71. The van der Waals surface area contributed by atoms with Crippen molar-refractivity contribution in [2.45, 2.75) is 37.8 Å². The summed E-state index contributed by atoms with van der Waals surface area (Å²) in [6, 6.07) is 2.60. The van der Waals surface area contributed by atoms with Crippen molar-refractivity contribution in [2.75, 3.05) is 12.4 Å². The third kappa shape index (κ3) is 4.84.